The molecule has 0 N–H and O–H groups in total. The van der Waals surface area contributed by atoms with Gasteiger partial charge in [-0.15, -0.1) is 4.98 Å². The Morgan fingerprint density at radius 2 is 2.00 bits per heavy atom. The normalized spacial score (nSPS) is 20.9. The molecule has 20 heavy (non-hydrogen) atoms. The van der Waals surface area contributed by atoms with Gasteiger partial charge in [0, 0.05) is 0 Å². The molecule has 2 aromatic rings. The lowest BCUT2D eigenvalue weighted by molar-refractivity contribution is -0.0207. The van der Waals surface area contributed by atoms with Crippen molar-refractivity contribution in [3.05, 3.63) is 71.2 Å². The number of pyridine rings is 1. The first-order chi connectivity index (χ1) is 9.85. The molecule has 1 fully saturated rings. The van der Waals surface area contributed by atoms with Crippen LogP contribution in [0.4, 0.5) is 5.82 Å². The van der Waals surface area contributed by atoms with Gasteiger partial charge < -0.3 is 9.58 Å². The predicted octanol–water partition coefficient (Wildman–Crippen LogP) is 4.10. The van der Waals surface area contributed by atoms with Crippen LogP contribution in [0, 0.1) is 6.57 Å². The Balaban J connectivity index is 1.50. The van der Waals surface area contributed by atoms with E-state index in [1.54, 1.807) is 6.20 Å². The molecule has 0 unspecified atom stereocenters. The quantitative estimate of drug-likeness (QED) is 0.777. The van der Waals surface area contributed by atoms with Crippen LogP contribution in [-0.2, 0) is 11.3 Å². The highest BCUT2D eigenvalue weighted by Crippen LogP contribution is 2.39. The Kier molecular flexibility index (Phi) is 3.76. The van der Waals surface area contributed by atoms with Gasteiger partial charge in [0.05, 0.1) is 12.7 Å². The lowest BCUT2D eigenvalue weighted by Gasteiger charge is -2.35. The standard InChI is InChI=1S/C17H16N2O/c1-18-17-11-14(7-8-19-17)15-9-16(10-15)20-12-13-5-3-2-4-6-13/h2-8,11,15-16H,9-10,12H2. The van der Waals surface area contributed by atoms with Gasteiger partial charge >= 0.3 is 0 Å². The molecule has 1 aromatic carbocycles. The van der Waals surface area contributed by atoms with Crippen LogP contribution >= 0.6 is 0 Å². The Morgan fingerprint density at radius 1 is 1.20 bits per heavy atom. The van der Waals surface area contributed by atoms with Crippen LogP contribution in [0.25, 0.3) is 4.85 Å². The van der Waals surface area contributed by atoms with E-state index in [4.69, 9.17) is 11.3 Å². The molecule has 1 saturated carbocycles. The van der Waals surface area contributed by atoms with E-state index in [9.17, 15) is 0 Å². The van der Waals surface area contributed by atoms with Gasteiger partial charge in [0.25, 0.3) is 5.82 Å². The molecular formula is C17H16N2O. The fourth-order valence-electron chi connectivity index (χ4n) is 2.51. The fraction of sp³-hybridized carbons (Fsp3) is 0.294. The Morgan fingerprint density at radius 3 is 2.75 bits per heavy atom. The van der Waals surface area contributed by atoms with Crippen molar-refractivity contribution in [2.45, 2.75) is 31.5 Å². The summed E-state index contributed by atoms with van der Waals surface area (Å²) in [5, 5.41) is 0. The number of hydrogen-bond acceptors (Lipinski definition) is 2. The van der Waals surface area contributed by atoms with Crippen molar-refractivity contribution in [2.75, 3.05) is 0 Å². The second-order valence-corrected chi connectivity index (χ2v) is 5.15. The minimum absolute atomic E-state index is 0.338. The molecule has 1 aliphatic carbocycles. The van der Waals surface area contributed by atoms with E-state index in [0.29, 0.717) is 24.4 Å². The van der Waals surface area contributed by atoms with Gasteiger partial charge in [-0.1, -0.05) is 36.9 Å². The van der Waals surface area contributed by atoms with Crippen LogP contribution in [0.1, 0.15) is 29.9 Å². The molecule has 1 heterocycles. The summed E-state index contributed by atoms with van der Waals surface area (Å²) < 4.78 is 5.90. The van der Waals surface area contributed by atoms with Crippen molar-refractivity contribution < 1.29 is 4.74 Å². The lowest BCUT2D eigenvalue weighted by Crippen LogP contribution is -2.29. The zero-order valence-electron chi connectivity index (χ0n) is 11.2. The van der Waals surface area contributed by atoms with Crippen LogP contribution < -0.4 is 0 Å². The molecule has 3 rings (SSSR count). The molecule has 100 valence electrons. The van der Waals surface area contributed by atoms with E-state index in [2.05, 4.69) is 22.0 Å². The van der Waals surface area contributed by atoms with Gasteiger partial charge in [-0.2, -0.15) is 0 Å². The Labute approximate surface area is 119 Å². The molecular weight excluding hydrogens is 248 g/mol. The van der Waals surface area contributed by atoms with E-state index in [-0.39, 0.29) is 0 Å². The van der Waals surface area contributed by atoms with Gasteiger partial charge in [0.2, 0.25) is 0 Å². The first-order valence-corrected chi connectivity index (χ1v) is 6.84. The summed E-state index contributed by atoms with van der Waals surface area (Å²) >= 11 is 0. The average Bonchev–Trinajstić information content (AvgIpc) is 2.47. The molecule has 0 aliphatic heterocycles. The predicted molar refractivity (Wildman–Crippen MR) is 77.5 cm³/mol. The average molecular weight is 264 g/mol. The molecule has 3 heteroatoms. The van der Waals surface area contributed by atoms with Crippen molar-refractivity contribution in [1.82, 2.24) is 4.98 Å². The zero-order chi connectivity index (χ0) is 13.8. The minimum Gasteiger partial charge on any atom is -0.373 e. The number of rotatable bonds is 4. The van der Waals surface area contributed by atoms with E-state index in [1.165, 1.54) is 11.1 Å². The molecule has 0 atom stereocenters. The van der Waals surface area contributed by atoms with Gasteiger partial charge in [0.1, 0.15) is 6.20 Å². The topological polar surface area (TPSA) is 26.5 Å². The summed E-state index contributed by atoms with van der Waals surface area (Å²) in [7, 11) is 0. The smallest absolute Gasteiger partial charge is 0.269 e. The highest BCUT2D eigenvalue weighted by Gasteiger charge is 2.31. The summed E-state index contributed by atoms with van der Waals surface area (Å²) in [6.07, 6.45) is 4.13. The number of ether oxygens (including phenoxy) is 1. The first-order valence-electron chi connectivity index (χ1n) is 6.84. The Bertz CT molecular complexity index is 612. The monoisotopic (exact) mass is 264 g/mol. The Hall–Kier alpha value is -2.18. The largest absolute Gasteiger partial charge is 0.373 e. The van der Waals surface area contributed by atoms with E-state index in [1.807, 2.05) is 30.3 Å². The van der Waals surface area contributed by atoms with Crippen LogP contribution in [-0.4, -0.2) is 11.1 Å². The molecule has 1 aromatic heterocycles. The third-order valence-electron chi connectivity index (χ3n) is 3.78. The van der Waals surface area contributed by atoms with Crippen LogP contribution in [0.2, 0.25) is 0 Å². The van der Waals surface area contributed by atoms with Gasteiger partial charge in [0.15, 0.2) is 0 Å². The van der Waals surface area contributed by atoms with Gasteiger partial charge in [-0.25, -0.2) is 0 Å². The molecule has 0 bridgehead atoms. The van der Waals surface area contributed by atoms with Crippen LogP contribution in [0.5, 0.6) is 0 Å². The first kappa shape index (κ1) is 12.8. The maximum Gasteiger partial charge on any atom is 0.269 e. The van der Waals surface area contributed by atoms with Crippen LogP contribution in [0.15, 0.2) is 48.7 Å². The fourth-order valence-corrected chi connectivity index (χ4v) is 2.51. The van der Waals surface area contributed by atoms with Crippen molar-refractivity contribution in [2.24, 2.45) is 0 Å². The molecule has 3 nitrogen and oxygen atoms in total. The molecule has 0 amide bonds. The van der Waals surface area contributed by atoms with Crippen molar-refractivity contribution >= 4 is 5.82 Å². The lowest BCUT2D eigenvalue weighted by atomic mass is 9.78. The number of benzene rings is 1. The van der Waals surface area contributed by atoms with Crippen molar-refractivity contribution in [1.29, 1.82) is 0 Å². The number of nitrogens with zero attached hydrogens (tertiary/aromatic N) is 2. The van der Waals surface area contributed by atoms with E-state index >= 15 is 0 Å². The second kappa shape index (κ2) is 5.85. The summed E-state index contributed by atoms with van der Waals surface area (Å²) in [5.41, 5.74) is 2.43. The summed E-state index contributed by atoms with van der Waals surface area (Å²) in [4.78, 5) is 7.38. The van der Waals surface area contributed by atoms with Gasteiger partial charge in [-0.3, -0.25) is 0 Å². The maximum atomic E-state index is 7.00. The highest BCUT2D eigenvalue weighted by molar-refractivity contribution is 5.40. The number of aromatic nitrogens is 1. The van der Waals surface area contributed by atoms with Crippen LogP contribution in [0.3, 0.4) is 0 Å². The molecule has 0 radical (unpaired) electrons. The third-order valence-corrected chi connectivity index (χ3v) is 3.78. The van der Waals surface area contributed by atoms with Crippen molar-refractivity contribution in [3.63, 3.8) is 0 Å². The maximum absolute atomic E-state index is 7.00. The third kappa shape index (κ3) is 2.87. The highest BCUT2D eigenvalue weighted by atomic mass is 16.5. The summed E-state index contributed by atoms with van der Waals surface area (Å²) in [6.45, 7) is 7.68. The van der Waals surface area contributed by atoms with E-state index < -0.39 is 0 Å². The van der Waals surface area contributed by atoms with Gasteiger partial charge in [-0.05, 0) is 42.0 Å². The summed E-state index contributed by atoms with van der Waals surface area (Å²) in [6, 6.07) is 14.2. The second-order valence-electron chi connectivity index (χ2n) is 5.15. The summed E-state index contributed by atoms with van der Waals surface area (Å²) in [5.74, 6) is 0.996. The minimum atomic E-state index is 0.338. The zero-order valence-corrected chi connectivity index (χ0v) is 11.2. The van der Waals surface area contributed by atoms with E-state index in [0.717, 1.165) is 12.8 Å². The number of hydrogen-bond donors (Lipinski definition) is 0. The molecule has 0 spiro atoms. The molecule has 1 aliphatic rings. The molecule has 0 saturated heterocycles. The van der Waals surface area contributed by atoms with Crippen molar-refractivity contribution in [3.8, 4) is 0 Å². The SMILES string of the molecule is [C-]#[N+]c1cc(C2CC(OCc3ccccc3)C2)ccn1.